The minimum atomic E-state index is -0.0549. The van der Waals surface area contributed by atoms with Crippen LogP contribution in [0.4, 0.5) is 0 Å². The first kappa shape index (κ1) is 13.1. The van der Waals surface area contributed by atoms with Crippen molar-refractivity contribution in [1.82, 2.24) is 10.3 Å². The van der Waals surface area contributed by atoms with Crippen LogP contribution in [0.15, 0.2) is 48.8 Å². The molecule has 1 amide bonds. The van der Waals surface area contributed by atoms with Crippen LogP contribution in [0.5, 0.6) is 0 Å². The molecule has 1 N–H and O–H groups in total. The van der Waals surface area contributed by atoms with Crippen LogP contribution in [0.3, 0.4) is 0 Å². The zero-order valence-electron chi connectivity index (χ0n) is 11.0. The summed E-state index contributed by atoms with van der Waals surface area (Å²) in [5.74, 6) is -0.0549. The van der Waals surface area contributed by atoms with E-state index < -0.39 is 0 Å². The van der Waals surface area contributed by atoms with E-state index in [0.29, 0.717) is 12.1 Å². The molecule has 1 saturated carbocycles. The molecular formula is C16H15ClN2O. The summed E-state index contributed by atoms with van der Waals surface area (Å²) in [6.45, 7) is 0.647. The lowest BCUT2D eigenvalue weighted by molar-refractivity contribution is 0.0949. The van der Waals surface area contributed by atoms with Gasteiger partial charge in [0.2, 0.25) is 0 Å². The zero-order chi connectivity index (χ0) is 14.0. The second-order valence-electron chi connectivity index (χ2n) is 5.21. The molecule has 1 fully saturated rings. The number of amides is 1. The third kappa shape index (κ3) is 2.68. The number of benzene rings is 1. The van der Waals surface area contributed by atoms with Gasteiger partial charge in [0, 0.05) is 34.9 Å². The lowest BCUT2D eigenvalue weighted by Gasteiger charge is -2.17. The first-order valence-electron chi connectivity index (χ1n) is 6.64. The second kappa shape index (κ2) is 5.25. The highest BCUT2D eigenvalue weighted by Gasteiger charge is 2.44. The van der Waals surface area contributed by atoms with Crippen molar-refractivity contribution in [3.05, 3.63) is 64.9 Å². The van der Waals surface area contributed by atoms with Crippen LogP contribution < -0.4 is 5.32 Å². The van der Waals surface area contributed by atoms with E-state index in [4.69, 9.17) is 11.6 Å². The molecule has 0 spiro atoms. The Balaban J connectivity index is 1.68. The van der Waals surface area contributed by atoms with Gasteiger partial charge in [-0.3, -0.25) is 9.78 Å². The minimum absolute atomic E-state index is 0.0549. The molecule has 2 aromatic rings. The van der Waals surface area contributed by atoms with Gasteiger partial charge in [0.25, 0.3) is 5.91 Å². The topological polar surface area (TPSA) is 42.0 Å². The number of carbonyl (C=O) groups is 1. The van der Waals surface area contributed by atoms with Crippen LogP contribution in [0.2, 0.25) is 5.02 Å². The van der Waals surface area contributed by atoms with E-state index >= 15 is 0 Å². The van der Waals surface area contributed by atoms with Crippen molar-refractivity contribution in [2.75, 3.05) is 6.54 Å². The van der Waals surface area contributed by atoms with Gasteiger partial charge in [-0.15, -0.1) is 0 Å². The number of nitrogens with zero attached hydrogens (tertiary/aromatic N) is 1. The van der Waals surface area contributed by atoms with E-state index in [1.54, 1.807) is 24.5 Å². The zero-order valence-corrected chi connectivity index (χ0v) is 11.7. The van der Waals surface area contributed by atoms with Gasteiger partial charge in [0.05, 0.1) is 0 Å². The Morgan fingerprint density at radius 2 is 2.00 bits per heavy atom. The summed E-state index contributed by atoms with van der Waals surface area (Å²) >= 11 is 6.04. The largest absolute Gasteiger partial charge is 0.351 e. The van der Waals surface area contributed by atoms with E-state index in [1.807, 2.05) is 18.2 Å². The predicted octanol–water partition coefficient (Wildman–Crippen LogP) is 3.20. The molecule has 3 nitrogen and oxygen atoms in total. The molecule has 1 aromatic heterocycles. The summed E-state index contributed by atoms with van der Waals surface area (Å²) in [5, 5.41) is 3.75. The van der Waals surface area contributed by atoms with Gasteiger partial charge in [0.15, 0.2) is 0 Å². The summed E-state index contributed by atoms with van der Waals surface area (Å²) in [6, 6.07) is 11.3. The number of nitrogens with one attached hydrogen (secondary N) is 1. The summed E-state index contributed by atoms with van der Waals surface area (Å²) in [5.41, 5.74) is 1.91. The molecule has 102 valence electrons. The number of rotatable bonds is 4. The predicted molar refractivity (Wildman–Crippen MR) is 78.9 cm³/mol. The highest BCUT2D eigenvalue weighted by atomic mass is 35.5. The maximum Gasteiger partial charge on any atom is 0.251 e. The molecule has 0 aliphatic heterocycles. The fourth-order valence-electron chi connectivity index (χ4n) is 2.39. The summed E-state index contributed by atoms with van der Waals surface area (Å²) in [4.78, 5) is 16.0. The van der Waals surface area contributed by atoms with Gasteiger partial charge in [-0.25, -0.2) is 0 Å². The van der Waals surface area contributed by atoms with E-state index in [1.165, 1.54) is 5.56 Å². The van der Waals surface area contributed by atoms with Gasteiger partial charge in [-0.2, -0.15) is 0 Å². The van der Waals surface area contributed by atoms with E-state index in [0.717, 1.165) is 17.9 Å². The molecular weight excluding hydrogens is 272 g/mol. The van der Waals surface area contributed by atoms with Crippen molar-refractivity contribution < 1.29 is 4.79 Å². The van der Waals surface area contributed by atoms with Gasteiger partial charge >= 0.3 is 0 Å². The minimum Gasteiger partial charge on any atom is -0.351 e. The van der Waals surface area contributed by atoms with Crippen molar-refractivity contribution in [3.63, 3.8) is 0 Å². The van der Waals surface area contributed by atoms with E-state index in [2.05, 4.69) is 16.4 Å². The smallest absolute Gasteiger partial charge is 0.251 e. The summed E-state index contributed by atoms with van der Waals surface area (Å²) in [6.07, 6.45) is 5.42. The number of hydrogen-bond acceptors (Lipinski definition) is 2. The molecule has 0 atom stereocenters. The molecule has 20 heavy (non-hydrogen) atoms. The van der Waals surface area contributed by atoms with Crippen LogP contribution in [-0.2, 0) is 5.41 Å². The van der Waals surface area contributed by atoms with Crippen molar-refractivity contribution in [3.8, 4) is 0 Å². The first-order valence-corrected chi connectivity index (χ1v) is 7.02. The quantitative estimate of drug-likeness (QED) is 0.938. The number of pyridine rings is 1. The Morgan fingerprint density at radius 3 is 2.65 bits per heavy atom. The highest BCUT2D eigenvalue weighted by Crippen LogP contribution is 2.48. The van der Waals surface area contributed by atoms with Gasteiger partial charge in [-0.05, 0) is 42.7 Å². The standard InChI is InChI=1S/C16H15ClN2O/c17-14-3-1-2-13(10-14)16(6-7-16)11-19-15(20)12-4-8-18-9-5-12/h1-5,8-10H,6-7,11H2,(H,19,20). The van der Waals surface area contributed by atoms with Crippen molar-refractivity contribution >= 4 is 17.5 Å². The molecule has 4 heteroatoms. The fraction of sp³-hybridized carbons (Fsp3) is 0.250. The average molecular weight is 287 g/mol. The lowest BCUT2D eigenvalue weighted by Crippen LogP contribution is -2.32. The maximum atomic E-state index is 12.1. The fourth-order valence-corrected chi connectivity index (χ4v) is 2.58. The van der Waals surface area contributed by atoms with E-state index in [-0.39, 0.29) is 11.3 Å². The van der Waals surface area contributed by atoms with Crippen LogP contribution >= 0.6 is 11.6 Å². The number of hydrogen-bond donors (Lipinski definition) is 1. The molecule has 0 bridgehead atoms. The molecule has 0 saturated heterocycles. The Kier molecular flexibility index (Phi) is 3.45. The summed E-state index contributed by atoms with van der Waals surface area (Å²) in [7, 11) is 0. The molecule has 0 unspecified atom stereocenters. The Bertz CT molecular complexity index is 623. The molecule has 1 heterocycles. The van der Waals surface area contributed by atoms with Gasteiger partial charge in [0.1, 0.15) is 0 Å². The van der Waals surface area contributed by atoms with E-state index in [9.17, 15) is 4.79 Å². The third-order valence-corrected chi connectivity index (χ3v) is 4.06. The molecule has 1 aromatic carbocycles. The van der Waals surface area contributed by atoms with Crippen LogP contribution in [0, 0.1) is 0 Å². The Labute approximate surface area is 123 Å². The maximum absolute atomic E-state index is 12.1. The Morgan fingerprint density at radius 1 is 1.25 bits per heavy atom. The SMILES string of the molecule is O=C(NCC1(c2cccc(Cl)c2)CC1)c1ccncc1. The first-order chi connectivity index (χ1) is 9.70. The number of carbonyl (C=O) groups excluding carboxylic acids is 1. The molecule has 0 radical (unpaired) electrons. The monoisotopic (exact) mass is 286 g/mol. The highest BCUT2D eigenvalue weighted by molar-refractivity contribution is 6.30. The summed E-state index contributed by atoms with van der Waals surface area (Å²) < 4.78 is 0. The van der Waals surface area contributed by atoms with Crippen LogP contribution in [0.1, 0.15) is 28.8 Å². The molecule has 1 aliphatic rings. The third-order valence-electron chi connectivity index (χ3n) is 3.82. The second-order valence-corrected chi connectivity index (χ2v) is 5.65. The van der Waals surface area contributed by atoms with Gasteiger partial charge < -0.3 is 5.32 Å². The van der Waals surface area contributed by atoms with Gasteiger partial charge in [-0.1, -0.05) is 23.7 Å². The molecule has 3 rings (SSSR count). The Hall–Kier alpha value is -1.87. The van der Waals surface area contributed by atoms with Crippen molar-refractivity contribution in [2.24, 2.45) is 0 Å². The normalized spacial score (nSPS) is 15.7. The number of aromatic nitrogens is 1. The number of halogens is 1. The van der Waals surface area contributed by atoms with Crippen LogP contribution in [-0.4, -0.2) is 17.4 Å². The van der Waals surface area contributed by atoms with Crippen molar-refractivity contribution in [2.45, 2.75) is 18.3 Å². The lowest BCUT2D eigenvalue weighted by atomic mass is 9.96. The van der Waals surface area contributed by atoms with Crippen molar-refractivity contribution in [1.29, 1.82) is 0 Å². The molecule has 1 aliphatic carbocycles. The van der Waals surface area contributed by atoms with Crippen LogP contribution in [0.25, 0.3) is 0 Å². The average Bonchev–Trinajstić information content (AvgIpc) is 3.27.